The lowest BCUT2D eigenvalue weighted by Crippen LogP contribution is -2.66. The summed E-state index contributed by atoms with van der Waals surface area (Å²) in [5, 5.41) is 2.94. The van der Waals surface area contributed by atoms with Gasteiger partial charge in [0.05, 0.1) is 24.0 Å². The van der Waals surface area contributed by atoms with E-state index >= 15 is 0 Å². The first-order chi connectivity index (χ1) is 12.4. The molecule has 1 aliphatic heterocycles. The van der Waals surface area contributed by atoms with Crippen molar-refractivity contribution in [2.24, 2.45) is 11.8 Å². The third-order valence-corrected chi connectivity index (χ3v) is 10.5. The summed E-state index contributed by atoms with van der Waals surface area (Å²) in [6.07, 6.45) is -0.228. The summed E-state index contributed by atoms with van der Waals surface area (Å²) >= 11 is 0. The van der Waals surface area contributed by atoms with Crippen molar-refractivity contribution in [3.63, 3.8) is 0 Å². The van der Waals surface area contributed by atoms with Crippen LogP contribution in [0.15, 0.2) is 30.3 Å². The van der Waals surface area contributed by atoms with E-state index in [2.05, 4.69) is 39.2 Å². The molecule has 1 unspecified atom stereocenters. The van der Waals surface area contributed by atoms with Gasteiger partial charge in [0.2, 0.25) is 5.91 Å². The van der Waals surface area contributed by atoms with Crippen LogP contribution >= 0.6 is 0 Å². The Morgan fingerprint density at radius 1 is 1.19 bits per heavy atom. The second-order valence-corrected chi connectivity index (χ2v) is 13.8. The second kappa shape index (κ2) is 8.15. The van der Waals surface area contributed by atoms with Crippen LogP contribution in [0.1, 0.15) is 40.2 Å². The number of hydrogen-bond donors (Lipinski definition) is 1. The number of rotatable bonds is 7. The molecule has 1 aliphatic rings. The molecular formula is C21H33NO4Si. The summed E-state index contributed by atoms with van der Waals surface area (Å²) in [5.41, 5.74) is 0.946. The fourth-order valence-corrected chi connectivity index (χ4v) is 4.51. The lowest BCUT2D eigenvalue weighted by atomic mass is 9.79. The Morgan fingerprint density at radius 3 is 2.30 bits per heavy atom. The number of carbonyl (C=O) groups excluding carboxylic acids is 2. The molecule has 4 atom stereocenters. The van der Waals surface area contributed by atoms with Crippen LogP contribution in [-0.2, 0) is 25.4 Å². The van der Waals surface area contributed by atoms with Crippen molar-refractivity contribution < 1.29 is 18.8 Å². The maximum Gasteiger partial charge on any atom is 0.311 e. The summed E-state index contributed by atoms with van der Waals surface area (Å²) in [5.74, 6) is -1.08. The zero-order chi connectivity index (χ0) is 20.4. The lowest BCUT2D eigenvalue weighted by Gasteiger charge is -2.46. The molecule has 6 heteroatoms. The third-order valence-electron chi connectivity index (χ3n) is 5.93. The average Bonchev–Trinajstić information content (AvgIpc) is 2.56. The third kappa shape index (κ3) is 4.99. The van der Waals surface area contributed by atoms with Gasteiger partial charge in [-0.1, -0.05) is 51.1 Å². The number of carbonyl (C=O) groups is 2. The van der Waals surface area contributed by atoms with Gasteiger partial charge >= 0.3 is 5.97 Å². The molecule has 5 nitrogen and oxygen atoms in total. The Balaban J connectivity index is 1.96. The zero-order valence-electron chi connectivity index (χ0n) is 17.5. The minimum Gasteiger partial charge on any atom is -0.461 e. The molecule has 150 valence electrons. The van der Waals surface area contributed by atoms with Crippen molar-refractivity contribution in [3.05, 3.63) is 35.9 Å². The van der Waals surface area contributed by atoms with E-state index in [-0.39, 0.29) is 41.6 Å². The molecular weight excluding hydrogens is 358 g/mol. The van der Waals surface area contributed by atoms with Gasteiger partial charge in [-0.15, -0.1) is 0 Å². The SMILES string of the molecule is CC(O[Si](C)(C)C(C)(C)C)[C@H]1C(=O)N[C@@H]1[C@@H](C)C(=O)OCc1ccccc1. The van der Waals surface area contributed by atoms with Crippen LogP contribution in [0.4, 0.5) is 0 Å². The molecule has 0 aliphatic carbocycles. The highest BCUT2D eigenvalue weighted by molar-refractivity contribution is 6.74. The van der Waals surface area contributed by atoms with E-state index < -0.39 is 14.2 Å². The Bertz CT molecular complexity index is 669. The zero-order valence-corrected chi connectivity index (χ0v) is 18.5. The minimum absolute atomic E-state index is 0.0473. The number of esters is 1. The van der Waals surface area contributed by atoms with E-state index in [9.17, 15) is 9.59 Å². The smallest absolute Gasteiger partial charge is 0.311 e. The molecule has 1 fully saturated rings. The van der Waals surface area contributed by atoms with Crippen LogP contribution in [0.5, 0.6) is 0 Å². The van der Waals surface area contributed by atoms with E-state index in [1.807, 2.05) is 44.2 Å². The second-order valence-electron chi connectivity index (χ2n) is 9.03. The molecule has 2 rings (SSSR count). The highest BCUT2D eigenvalue weighted by Crippen LogP contribution is 2.39. The maximum absolute atomic E-state index is 12.5. The monoisotopic (exact) mass is 391 g/mol. The van der Waals surface area contributed by atoms with E-state index in [1.165, 1.54) is 0 Å². The largest absolute Gasteiger partial charge is 0.461 e. The van der Waals surface area contributed by atoms with Crippen LogP contribution in [0.2, 0.25) is 18.1 Å². The molecule has 0 radical (unpaired) electrons. The predicted molar refractivity (Wildman–Crippen MR) is 109 cm³/mol. The van der Waals surface area contributed by atoms with Gasteiger partial charge in [-0.25, -0.2) is 0 Å². The molecule has 1 aromatic carbocycles. The van der Waals surface area contributed by atoms with E-state index in [4.69, 9.17) is 9.16 Å². The van der Waals surface area contributed by atoms with Gasteiger partial charge in [-0.05, 0) is 37.5 Å². The minimum atomic E-state index is -1.99. The molecule has 27 heavy (non-hydrogen) atoms. The number of β-lactam (4-membered cyclic amide) rings is 1. The Morgan fingerprint density at radius 2 is 1.78 bits per heavy atom. The molecule has 1 N–H and O–H groups in total. The summed E-state index contributed by atoms with van der Waals surface area (Å²) in [6.45, 7) is 14.9. The fraction of sp³-hybridized carbons (Fsp3) is 0.619. The van der Waals surface area contributed by atoms with Crippen LogP contribution < -0.4 is 5.32 Å². The molecule has 1 aromatic rings. The number of ether oxygens (including phenoxy) is 1. The van der Waals surface area contributed by atoms with Gasteiger partial charge < -0.3 is 14.5 Å². The summed E-state index contributed by atoms with van der Waals surface area (Å²) in [4.78, 5) is 24.7. The Hall–Kier alpha value is -1.66. The number of hydrogen-bond acceptors (Lipinski definition) is 4. The molecule has 1 amide bonds. The van der Waals surface area contributed by atoms with Crippen molar-refractivity contribution in [2.75, 3.05) is 0 Å². The fourth-order valence-electron chi connectivity index (χ4n) is 3.08. The highest BCUT2D eigenvalue weighted by Gasteiger charge is 2.50. The average molecular weight is 392 g/mol. The van der Waals surface area contributed by atoms with E-state index in [0.717, 1.165) is 5.56 Å². The summed E-state index contributed by atoms with van der Waals surface area (Å²) < 4.78 is 11.8. The van der Waals surface area contributed by atoms with Gasteiger partial charge in [0.25, 0.3) is 0 Å². The van der Waals surface area contributed by atoms with Crippen LogP contribution in [0, 0.1) is 11.8 Å². The van der Waals surface area contributed by atoms with E-state index in [0.29, 0.717) is 0 Å². The quantitative estimate of drug-likeness (QED) is 0.435. The number of benzene rings is 1. The van der Waals surface area contributed by atoms with E-state index in [1.54, 1.807) is 0 Å². The van der Waals surface area contributed by atoms with Gasteiger partial charge in [-0.3, -0.25) is 9.59 Å². The van der Waals surface area contributed by atoms with Crippen molar-refractivity contribution in [1.82, 2.24) is 5.32 Å². The van der Waals surface area contributed by atoms with Gasteiger partial charge in [0.1, 0.15) is 6.61 Å². The van der Waals surface area contributed by atoms with Crippen molar-refractivity contribution >= 4 is 20.2 Å². The van der Waals surface area contributed by atoms with Crippen molar-refractivity contribution in [3.8, 4) is 0 Å². The standard InChI is InChI=1S/C21H33NO4Si/c1-14(20(24)25-13-16-11-9-8-10-12-16)18-17(19(23)22-18)15(2)26-27(6,7)21(3,4)5/h8-12,14-15,17-18H,13H2,1-7H3,(H,22,23)/t14-,15?,17-,18-/m1/s1. The Labute approximate surface area is 164 Å². The van der Waals surface area contributed by atoms with Gasteiger partial charge in [0, 0.05) is 0 Å². The summed E-state index contributed by atoms with van der Waals surface area (Å²) in [7, 11) is -1.99. The topological polar surface area (TPSA) is 64.6 Å². The molecule has 0 aromatic heterocycles. The lowest BCUT2D eigenvalue weighted by molar-refractivity contribution is -0.156. The van der Waals surface area contributed by atoms with Crippen LogP contribution in [-0.4, -0.2) is 32.3 Å². The number of amides is 1. The van der Waals surface area contributed by atoms with Gasteiger partial charge in [-0.2, -0.15) is 0 Å². The van der Waals surface area contributed by atoms with Gasteiger partial charge in [0.15, 0.2) is 8.32 Å². The number of nitrogens with one attached hydrogen (secondary N) is 1. The molecule has 0 spiro atoms. The predicted octanol–water partition coefficient (Wildman–Crippen LogP) is 3.89. The van der Waals surface area contributed by atoms with Crippen LogP contribution in [0.25, 0.3) is 0 Å². The Kier molecular flexibility index (Phi) is 6.53. The summed E-state index contributed by atoms with van der Waals surface area (Å²) in [6, 6.07) is 9.33. The molecule has 0 saturated carbocycles. The first-order valence-electron chi connectivity index (χ1n) is 9.63. The normalized spacial score (nSPS) is 22.4. The maximum atomic E-state index is 12.5. The van der Waals surface area contributed by atoms with Crippen molar-refractivity contribution in [1.29, 1.82) is 0 Å². The first kappa shape index (κ1) is 21.6. The molecule has 0 bridgehead atoms. The molecule has 1 heterocycles. The van der Waals surface area contributed by atoms with Crippen LogP contribution in [0.3, 0.4) is 0 Å². The highest BCUT2D eigenvalue weighted by atomic mass is 28.4. The van der Waals surface area contributed by atoms with Crippen molar-refractivity contribution in [2.45, 2.75) is 71.5 Å². The molecule has 1 saturated heterocycles. The first-order valence-corrected chi connectivity index (χ1v) is 12.5.